The zero-order valence-electron chi connectivity index (χ0n) is 22.2. The van der Waals surface area contributed by atoms with Gasteiger partial charge in [0.15, 0.2) is 0 Å². The van der Waals surface area contributed by atoms with E-state index < -0.39 is 31.3 Å². The summed E-state index contributed by atoms with van der Waals surface area (Å²) in [6.45, 7) is 11.6. The Labute approximate surface area is 207 Å². The molecule has 0 saturated heterocycles. The van der Waals surface area contributed by atoms with Crippen LogP contribution in [0.25, 0.3) is 0 Å². The highest BCUT2D eigenvalue weighted by Gasteiger charge is 2.60. The van der Waals surface area contributed by atoms with Crippen molar-refractivity contribution in [1.29, 1.82) is 0 Å². The molecule has 8 heteroatoms. The Hall–Kier alpha value is -0.140. The van der Waals surface area contributed by atoms with Crippen molar-refractivity contribution in [3.8, 4) is 0 Å². The molecule has 200 valence electrons. The van der Waals surface area contributed by atoms with Crippen LogP contribution in [0.5, 0.6) is 0 Å². The van der Waals surface area contributed by atoms with Gasteiger partial charge in [0.1, 0.15) is 11.2 Å². The molecule has 2 fully saturated rings. The van der Waals surface area contributed by atoms with E-state index in [-0.39, 0.29) is 50.1 Å². The van der Waals surface area contributed by atoms with Gasteiger partial charge < -0.3 is 20.4 Å². The smallest absolute Gasteiger partial charge is 0.396 e. The second kappa shape index (κ2) is 12.9. The Bertz CT molecular complexity index is 585. The van der Waals surface area contributed by atoms with Crippen LogP contribution in [-0.4, -0.2) is 58.1 Å². The van der Waals surface area contributed by atoms with Crippen molar-refractivity contribution in [3.63, 3.8) is 0 Å². The minimum atomic E-state index is -2.65. The Morgan fingerprint density at radius 1 is 0.706 bits per heavy atom. The molecule has 4 N–H and O–H groups in total. The minimum Gasteiger partial charge on any atom is -0.396 e. The molecular weight excluding hydrogens is 455 g/mol. The Morgan fingerprint density at radius 3 is 1.29 bits per heavy atom. The van der Waals surface area contributed by atoms with Crippen LogP contribution < -0.4 is 0 Å². The molecule has 2 saturated carbocycles. The molecular formula is C26H50O7P+. The molecule has 0 aromatic rings. The highest BCUT2D eigenvalue weighted by molar-refractivity contribution is 7.33. The summed E-state index contributed by atoms with van der Waals surface area (Å²) < 4.78 is 26.6. The van der Waals surface area contributed by atoms with E-state index in [1.165, 1.54) is 0 Å². The van der Waals surface area contributed by atoms with Crippen LogP contribution in [0.2, 0.25) is 0 Å². The zero-order chi connectivity index (χ0) is 25.7. The van der Waals surface area contributed by atoms with Crippen molar-refractivity contribution in [2.75, 3.05) is 26.4 Å². The predicted octanol–water partition coefficient (Wildman–Crippen LogP) is 4.54. The lowest BCUT2D eigenvalue weighted by Gasteiger charge is -2.49. The van der Waals surface area contributed by atoms with Crippen LogP contribution in [-0.2, 0) is 13.6 Å². The quantitative estimate of drug-likeness (QED) is 0.288. The van der Waals surface area contributed by atoms with Crippen LogP contribution in [0.1, 0.15) is 80.1 Å². The fraction of sp³-hybridized carbons (Fsp3) is 1.00. The molecule has 0 aromatic heterocycles. The maximum atomic E-state index is 13.8. The lowest BCUT2D eigenvalue weighted by atomic mass is 9.62. The van der Waals surface area contributed by atoms with Crippen molar-refractivity contribution in [1.82, 2.24) is 0 Å². The van der Waals surface area contributed by atoms with Crippen molar-refractivity contribution in [3.05, 3.63) is 0 Å². The van der Waals surface area contributed by atoms with E-state index in [1.54, 1.807) is 0 Å². The molecule has 7 nitrogen and oxygen atoms in total. The molecule has 0 radical (unpaired) electrons. The van der Waals surface area contributed by atoms with Gasteiger partial charge in [-0.15, -0.1) is 9.05 Å². The Morgan fingerprint density at radius 2 is 1.03 bits per heavy atom. The molecule has 0 aliphatic heterocycles. The molecule has 2 aliphatic rings. The first kappa shape index (κ1) is 30.1. The topological polar surface area (TPSA) is 116 Å². The maximum Gasteiger partial charge on any atom is 0.698 e. The number of hydrogen-bond acceptors (Lipinski definition) is 7. The number of aliphatic hydroxyl groups is 4. The third kappa shape index (κ3) is 6.22. The van der Waals surface area contributed by atoms with Crippen molar-refractivity contribution < 1.29 is 34.0 Å². The van der Waals surface area contributed by atoms with Gasteiger partial charge in [0.25, 0.3) is 0 Å². The Balaban J connectivity index is 2.48. The second-order valence-corrected chi connectivity index (χ2v) is 12.7. The van der Waals surface area contributed by atoms with Crippen LogP contribution in [0.15, 0.2) is 0 Å². The molecule has 2 rings (SSSR count). The van der Waals surface area contributed by atoms with Crippen molar-refractivity contribution >= 4 is 8.25 Å². The van der Waals surface area contributed by atoms with E-state index in [1.807, 2.05) is 0 Å². The van der Waals surface area contributed by atoms with Gasteiger partial charge in [0.2, 0.25) is 0 Å². The average molecular weight is 506 g/mol. The summed E-state index contributed by atoms with van der Waals surface area (Å²) in [5.74, 6) is -0.0780. The first-order valence-corrected chi connectivity index (χ1v) is 14.4. The van der Waals surface area contributed by atoms with Gasteiger partial charge in [-0.25, -0.2) is 0 Å². The molecule has 2 unspecified atom stereocenters. The normalized spacial score (nSPS) is 35.5. The molecule has 0 aromatic carbocycles. The largest absolute Gasteiger partial charge is 0.698 e. The summed E-state index contributed by atoms with van der Waals surface area (Å²) in [7, 11) is -2.65. The standard InChI is InChI=1S/C26H50O7P/c1-17(2)23-9-7-19(5)11-25(23,21(13-27)14-28)32-34(31)33-26(22(15-29)16-30)12-20(6)8-10-24(26)18(3)4/h17-24,27-30H,7-16H2,1-6H3/q+1/t19-,20-,23+,24+,25?,26?/m1/s1. The van der Waals surface area contributed by atoms with Gasteiger partial charge in [-0.2, -0.15) is 0 Å². The van der Waals surface area contributed by atoms with Crippen LogP contribution in [0.3, 0.4) is 0 Å². The van der Waals surface area contributed by atoms with Gasteiger partial charge >= 0.3 is 8.25 Å². The third-order valence-electron chi connectivity index (χ3n) is 8.89. The molecule has 34 heavy (non-hydrogen) atoms. The highest BCUT2D eigenvalue weighted by atomic mass is 31.1. The van der Waals surface area contributed by atoms with E-state index in [4.69, 9.17) is 9.05 Å². The van der Waals surface area contributed by atoms with Gasteiger partial charge in [0.05, 0.1) is 26.4 Å². The first-order chi connectivity index (χ1) is 16.0. The van der Waals surface area contributed by atoms with Crippen LogP contribution in [0, 0.1) is 47.3 Å². The van der Waals surface area contributed by atoms with Gasteiger partial charge in [-0.05, 0) is 61.2 Å². The van der Waals surface area contributed by atoms with Gasteiger partial charge in [-0.3, -0.25) is 0 Å². The molecule has 2 aliphatic carbocycles. The van der Waals surface area contributed by atoms with Gasteiger partial charge in [-0.1, -0.05) is 54.4 Å². The zero-order valence-corrected chi connectivity index (χ0v) is 23.0. The highest BCUT2D eigenvalue weighted by Crippen LogP contribution is 2.56. The third-order valence-corrected chi connectivity index (χ3v) is 9.87. The molecule has 0 bridgehead atoms. The number of hydrogen-bond donors (Lipinski definition) is 4. The van der Waals surface area contributed by atoms with Crippen LogP contribution >= 0.6 is 8.25 Å². The molecule has 0 amide bonds. The van der Waals surface area contributed by atoms with E-state index in [9.17, 15) is 25.0 Å². The summed E-state index contributed by atoms with van der Waals surface area (Å²) >= 11 is 0. The maximum absolute atomic E-state index is 13.8. The van der Waals surface area contributed by atoms with Crippen molar-refractivity contribution in [2.24, 2.45) is 47.3 Å². The van der Waals surface area contributed by atoms with E-state index in [0.29, 0.717) is 24.7 Å². The fourth-order valence-corrected chi connectivity index (χ4v) is 8.45. The summed E-state index contributed by atoms with van der Waals surface area (Å²) in [6.07, 6.45) is 4.95. The summed E-state index contributed by atoms with van der Waals surface area (Å²) in [5.41, 5.74) is -1.93. The lowest BCUT2D eigenvalue weighted by Crippen LogP contribution is -2.56. The summed E-state index contributed by atoms with van der Waals surface area (Å²) in [4.78, 5) is 0. The first-order valence-electron chi connectivity index (χ1n) is 13.3. The molecule has 6 atom stereocenters. The molecule has 0 heterocycles. The fourth-order valence-electron chi connectivity index (χ4n) is 7.14. The number of aliphatic hydroxyl groups excluding tert-OH is 4. The lowest BCUT2D eigenvalue weighted by molar-refractivity contribution is -0.154. The monoisotopic (exact) mass is 505 g/mol. The minimum absolute atomic E-state index is 0.0177. The Kier molecular flexibility index (Phi) is 11.4. The van der Waals surface area contributed by atoms with E-state index >= 15 is 0 Å². The second-order valence-electron chi connectivity index (χ2n) is 11.9. The number of rotatable bonds is 12. The summed E-state index contributed by atoms with van der Waals surface area (Å²) in [6, 6.07) is 0. The average Bonchev–Trinajstić information content (AvgIpc) is 2.74. The summed E-state index contributed by atoms with van der Waals surface area (Å²) in [5, 5.41) is 40.7. The predicted molar refractivity (Wildman–Crippen MR) is 133 cm³/mol. The van der Waals surface area contributed by atoms with Crippen LogP contribution in [0.4, 0.5) is 0 Å². The van der Waals surface area contributed by atoms with Crippen molar-refractivity contribution in [2.45, 2.75) is 91.3 Å². The van der Waals surface area contributed by atoms with E-state index in [2.05, 4.69) is 41.5 Å². The van der Waals surface area contributed by atoms with Gasteiger partial charge in [0, 0.05) is 16.4 Å². The molecule has 0 spiro atoms. The van der Waals surface area contributed by atoms with E-state index in [0.717, 1.165) is 25.7 Å². The SMILES string of the molecule is CC(C)[C@@H]1CC[C@@H](C)CC1(O[P+](=O)OC1(C(CO)CO)C[C@H](C)CC[C@H]1C(C)C)C(CO)CO.